The minimum atomic E-state index is -1.01. The van der Waals surface area contributed by atoms with Gasteiger partial charge in [0.05, 0.1) is 18.6 Å². The van der Waals surface area contributed by atoms with Gasteiger partial charge >= 0.3 is 5.97 Å². The summed E-state index contributed by atoms with van der Waals surface area (Å²) in [5.74, 6) is -0.864. The van der Waals surface area contributed by atoms with Crippen molar-refractivity contribution in [3.8, 4) is 5.75 Å². The van der Waals surface area contributed by atoms with Gasteiger partial charge in [-0.1, -0.05) is 11.6 Å². The summed E-state index contributed by atoms with van der Waals surface area (Å²) in [6.45, 7) is 0. The van der Waals surface area contributed by atoms with Gasteiger partial charge in [0.15, 0.2) is 0 Å². The van der Waals surface area contributed by atoms with E-state index in [2.05, 4.69) is 5.32 Å². The van der Waals surface area contributed by atoms with Crippen molar-refractivity contribution in [1.29, 1.82) is 0 Å². The summed E-state index contributed by atoms with van der Waals surface area (Å²) in [5.41, 5.74) is 0.506. The third-order valence-corrected chi connectivity index (χ3v) is 2.30. The van der Waals surface area contributed by atoms with Crippen LogP contribution in [-0.4, -0.2) is 24.1 Å². The number of anilines is 1. The molecule has 0 aliphatic heterocycles. The predicted molar refractivity (Wildman–Crippen MR) is 63.5 cm³/mol. The van der Waals surface area contributed by atoms with E-state index in [4.69, 9.17) is 21.4 Å². The summed E-state index contributed by atoms with van der Waals surface area (Å²) in [4.78, 5) is 21.6. The summed E-state index contributed by atoms with van der Waals surface area (Å²) in [6.07, 6.45) is -0.269. The summed E-state index contributed by atoms with van der Waals surface area (Å²) in [6, 6.07) is 4.79. The second-order valence-corrected chi connectivity index (χ2v) is 3.70. The maximum absolute atomic E-state index is 11.3. The van der Waals surface area contributed by atoms with Crippen LogP contribution in [0, 0.1) is 0 Å². The highest BCUT2D eigenvalue weighted by molar-refractivity contribution is 6.32. The molecule has 17 heavy (non-hydrogen) atoms. The second-order valence-electron chi connectivity index (χ2n) is 3.29. The number of benzene rings is 1. The van der Waals surface area contributed by atoms with Crippen LogP contribution in [0.3, 0.4) is 0 Å². The summed E-state index contributed by atoms with van der Waals surface area (Å²) < 4.78 is 4.96. The molecule has 0 saturated carbocycles. The molecule has 1 aromatic rings. The Kier molecular flexibility index (Phi) is 4.78. The van der Waals surface area contributed by atoms with Gasteiger partial charge < -0.3 is 15.2 Å². The van der Waals surface area contributed by atoms with Gasteiger partial charge in [-0.15, -0.1) is 0 Å². The SMILES string of the molecule is COc1ccc(NC(=O)CCC(=O)O)cc1Cl. The topological polar surface area (TPSA) is 75.6 Å². The minimum Gasteiger partial charge on any atom is -0.495 e. The number of hydrogen-bond donors (Lipinski definition) is 2. The van der Waals surface area contributed by atoms with Gasteiger partial charge in [0.25, 0.3) is 0 Å². The van der Waals surface area contributed by atoms with E-state index in [9.17, 15) is 9.59 Å². The predicted octanol–water partition coefficient (Wildman–Crippen LogP) is 2.15. The van der Waals surface area contributed by atoms with E-state index >= 15 is 0 Å². The molecule has 1 amide bonds. The Morgan fingerprint density at radius 1 is 1.41 bits per heavy atom. The molecule has 92 valence electrons. The Balaban J connectivity index is 2.60. The first kappa shape index (κ1) is 13.3. The first-order valence-electron chi connectivity index (χ1n) is 4.88. The number of methoxy groups -OCH3 is 1. The molecule has 0 saturated heterocycles. The van der Waals surface area contributed by atoms with Crippen LogP contribution in [0.2, 0.25) is 5.02 Å². The van der Waals surface area contributed by atoms with Crippen LogP contribution >= 0.6 is 11.6 Å². The number of carbonyl (C=O) groups is 2. The van der Waals surface area contributed by atoms with Crippen molar-refractivity contribution in [2.24, 2.45) is 0 Å². The lowest BCUT2D eigenvalue weighted by Gasteiger charge is -2.07. The van der Waals surface area contributed by atoms with Crippen LogP contribution in [0.5, 0.6) is 5.75 Å². The van der Waals surface area contributed by atoms with Crippen molar-refractivity contribution in [3.63, 3.8) is 0 Å². The first-order chi connectivity index (χ1) is 8.02. The number of carboxylic acid groups (broad SMARTS) is 1. The molecule has 0 aromatic heterocycles. The van der Waals surface area contributed by atoms with Crippen LogP contribution in [0.1, 0.15) is 12.8 Å². The molecule has 0 aliphatic rings. The van der Waals surface area contributed by atoms with Crippen molar-refractivity contribution < 1.29 is 19.4 Å². The zero-order valence-corrected chi connectivity index (χ0v) is 9.95. The molecule has 0 aliphatic carbocycles. The smallest absolute Gasteiger partial charge is 0.303 e. The number of carbonyl (C=O) groups excluding carboxylic acids is 1. The number of aliphatic carboxylic acids is 1. The average Bonchev–Trinajstić information content (AvgIpc) is 2.26. The molecule has 2 N–H and O–H groups in total. The zero-order valence-electron chi connectivity index (χ0n) is 9.20. The fraction of sp³-hybridized carbons (Fsp3) is 0.273. The zero-order chi connectivity index (χ0) is 12.8. The molecule has 0 atom stereocenters. The third-order valence-electron chi connectivity index (χ3n) is 2.00. The number of ether oxygens (including phenoxy) is 1. The van der Waals surface area contributed by atoms with E-state index in [1.165, 1.54) is 7.11 Å². The fourth-order valence-corrected chi connectivity index (χ4v) is 1.45. The van der Waals surface area contributed by atoms with Gasteiger partial charge in [-0.3, -0.25) is 9.59 Å². The first-order valence-corrected chi connectivity index (χ1v) is 5.26. The Bertz CT molecular complexity index is 433. The van der Waals surface area contributed by atoms with Crippen molar-refractivity contribution in [2.45, 2.75) is 12.8 Å². The van der Waals surface area contributed by atoms with Crippen LogP contribution < -0.4 is 10.1 Å². The normalized spacial score (nSPS) is 9.76. The lowest BCUT2D eigenvalue weighted by Crippen LogP contribution is -2.13. The molecule has 1 rings (SSSR count). The molecular formula is C11H12ClNO4. The molecular weight excluding hydrogens is 246 g/mol. The van der Waals surface area contributed by atoms with Crippen molar-refractivity contribution >= 4 is 29.2 Å². The molecule has 0 heterocycles. The fourth-order valence-electron chi connectivity index (χ4n) is 1.19. The third kappa shape index (κ3) is 4.32. The lowest BCUT2D eigenvalue weighted by atomic mass is 10.2. The van der Waals surface area contributed by atoms with E-state index in [0.717, 1.165) is 0 Å². The number of halogens is 1. The highest BCUT2D eigenvalue weighted by Gasteiger charge is 2.07. The number of carboxylic acids is 1. The maximum atomic E-state index is 11.3. The van der Waals surface area contributed by atoms with E-state index in [1.807, 2.05) is 0 Å². The van der Waals surface area contributed by atoms with Gasteiger partial charge in [-0.25, -0.2) is 0 Å². The van der Waals surface area contributed by atoms with Crippen molar-refractivity contribution in [1.82, 2.24) is 0 Å². The molecule has 0 fully saturated rings. The number of nitrogens with one attached hydrogen (secondary N) is 1. The molecule has 0 unspecified atom stereocenters. The largest absolute Gasteiger partial charge is 0.495 e. The van der Waals surface area contributed by atoms with Gasteiger partial charge in [0.2, 0.25) is 5.91 Å². The van der Waals surface area contributed by atoms with Crippen LogP contribution in [0.25, 0.3) is 0 Å². The minimum absolute atomic E-state index is 0.0705. The molecule has 1 aromatic carbocycles. The Hall–Kier alpha value is -1.75. The van der Waals surface area contributed by atoms with E-state index in [0.29, 0.717) is 16.5 Å². The van der Waals surface area contributed by atoms with Gasteiger partial charge in [-0.2, -0.15) is 0 Å². The lowest BCUT2D eigenvalue weighted by molar-refractivity contribution is -0.138. The van der Waals surface area contributed by atoms with E-state index in [1.54, 1.807) is 18.2 Å². The van der Waals surface area contributed by atoms with Crippen molar-refractivity contribution in [2.75, 3.05) is 12.4 Å². The van der Waals surface area contributed by atoms with Gasteiger partial charge in [-0.05, 0) is 18.2 Å². The van der Waals surface area contributed by atoms with Gasteiger partial charge in [0, 0.05) is 12.1 Å². The van der Waals surface area contributed by atoms with Crippen LogP contribution in [0.4, 0.5) is 5.69 Å². The molecule has 0 radical (unpaired) electrons. The van der Waals surface area contributed by atoms with E-state index in [-0.39, 0.29) is 18.7 Å². The van der Waals surface area contributed by atoms with Gasteiger partial charge in [0.1, 0.15) is 5.75 Å². The standard InChI is InChI=1S/C11H12ClNO4/c1-17-9-3-2-7(6-8(9)12)13-10(14)4-5-11(15)16/h2-3,6H,4-5H2,1H3,(H,13,14)(H,15,16). The second kappa shape index (κ2) is 6.10. The highest BCUT2D eigenvalue weighted by Crippen LogP contribution is 2.27. The number of hydrogen-bond acceptors (Lipinski definition) is 3. The average molecular weight is 258 g/mol. The number of rotatable bonds is 5. The maximum Gasteiger partial charge on any atom is 0.303 e. The van der Waals surface area contributed by atoms with Crippen molar-refractivity contribution in [3.05, 3.63) is 23.2 Å². The summed E-state index contributed by atoms with van der Waals surface area (Å²) >= 11 is 5.87. The monoisotopic (exact) mass is 257 g/mol. The molecule has 5 nitrogen and oxygen atoms in total. The molecule has 0 bridgehead atoms. The Labute approximate surface area is 103 Å². The van der Waals surface area contributed by atoms with E-state index < -0.39 is 5.97 Å². The quantitative estimate of drug-likeness (QED) is 0.847. The van der Waals surface area contributed by atoms with Crippen LogP contribution in [-0.2, 0) is 9.59 Å². The summed E-state index contributed by atoms with van der Waals surface area (Å²) in [5, 5.41) is 11.3. The summed E-state index contributed by atoms with van der Waals surface area (Å²) in [7, 11) is 1.49. The molecule has 0 spiro atoms. The van der Waals surface area contributed by atoms with Crippen LogP contribution in [0.15, 0.2) is 18.2 Å². The highest BCUT2D eigenvalue weighted by atomic mass is 35.5. The molecule has 6 heteroatoms. The Morgan fingerprint density at radius 3 is 2.65 bits per heavy atom. The number of amides is 1. The Morgan fingerprint density at radius 2 is 2.12 bits per heavy atom.